The lowest BCUT2D eigenvalue weighted by atomic mass is 10.2. The van der Waals surface area contributed by atoms with E-state index in [9.17, 15) is 14.5 Å². The molecule has 1 aliphatic rings. The monoisotopic (exact) mass is 363 g/mol. The molecule has 23 heavy (non-hydrogen) atoms. The lowest BCUT2D eigenvalue weighted by molar-refractivity contribution is 0.128. The molecule has 0 unspecified atom stereocenters. The zero-order valence-electron chi connectivity index (χ0n) is 11.6. The topological polar surface area (TPSA) is 177 Å². The Hall–Kier alpha value is -1.43. The first-order valence-corrected chi connectivity index (χ1v) is 8.98. The van der Waals surface area contributed by atoms with E-state index in [-0.39, 0.29) is 29.1 Å². The van der Waals surface area contributed by atoms with Gasteiger partial charge in [0.2, 0.25) is 5.95 Å². The maximum Gasteiger partial charge on any atom is 0.469 e. The molecule has 6 N–H and O–H groups in total. The molecule has 3 atom stereocenters. The molecule has 0 radical (unpaired) electrons. The number of anilines is 1. The summed E-state index contributed by atoms with van der Waals surface area (Å²) < 4.78 is 16.8. The van der Waals surface area contributed by atoms with Gasteiger partial charge in [0.15, 0.2) is 11.2 Å². The highest BCUT2D eigenvalue weighted by atomic mass is 32.2. The second-order valence-corrected chi connectivity index (χ2v) is 7.65. The highest BCUT2D eigenvalue weighted by Gasteiger charge is 2.37. The summed E-state index contributed by atoms with van der Waals surface area (Å²) >= 11 is 1.26. The van der Waals surface area contributed by atoms with E-state index >= 15 is 0 Å². The molecule has 2 aromatic heterocycles. The third-order valence-electron chi connectivity index (χ3n) is 3.37. The van der Waals surface area contributed by atoms with Gasteiger partial charge in [0, 0.05) is 6.42 Å². The summed E-state index contributed by atoms with van der Waals surface area (Å²) in [4.78, 5) is 39.6. The largest absolute Gasteiger partial charge is 0.469 e. The maximum absolute atomic E-state index is 11.8. The molecule has 3 heterocycles. The molecule has 0 aromatic carbocycles. The van der Waals surface area contributed by atoms with E-state index in [1.54, 1.807) is 4.57 Å². The molecule has 126 valence electrons. The van der Waals surface area contributed by atoms with Crippen LogP contribution in [-0.4, -0.2) is 52.4 Å². The summed E-state index contributed by atoms with van der Waals surface area (Å²) in [6.07, 6.45) is 0.885. The smallest absolute Gasteiger partial charge is 0.392 e. The molecule has 1 fully saturated rings. The van der Waals surface area contributed by atoms with Gasteiger partial charge in [-0.2, -0.15) is 4.98 Å². The standard InChI is InChI=1S/C10H14N5O6PS/c11-10-13-8-7(9(17)14-10)12-3-15(8)6-1-4(16)5(23-6)2-21-22(18,19)20/h3-6,16H,1-2H2,(H2,18,19,20)(H3,11,13,14,17)/t4-,5+,6+/m0/s1. The summed E-state index contributed by atoms with van der Waals surface area (Å²) in [5.74, 6) is -0.0471. The van der Waals surface area contributed by atoms with Crippen LogP contribution in [-0.2, 0) is 9.09 Å². The number of phosphoric acid groups is 1. The number of aromatic amines is 1. The first kappa shape index (κ1) is 16.4. The second kappa shape index (κ2) is 5.89. The summed E-state index contributed by atoms with van der Waals surface area (Å²) in [6, 6.07) is 0. The third kappa shape index (κ3) is 3.42. The summed E-state index contributed by atoms with van der Waals surface area (Å²) in [7, 11) is -4.59. The number of hydrogen-bond acceptors (Lipinski definition) is 8. The number of aromatic nitrogens is 4. The van der Waals surface area contributed by atoms with E-state index in [2.05, 4.69) is 19.5 Å². The average Bonchev–Trinajstić information content (AvgIpc) is 2.99. The maximum atomic E-state index is 11.8. The summed E-state index contributed by atoms with van der Waals surface area (Å²) in [5.41, 5.74) is 5.48. The highest BCUT2D eigenvalue weighted by molar-refractivity contribution is 8.00. The van der Waals surface area contributed by atoms with Crippen molar-refractivity contribution in [1.29, 1.82) is 0 Å². The van der Waals surface area contributed by atoms with Crippen LogP contribution in [0.3, 0.4) is 0 Å². The number of fused-ring (bicyclic) bond motifs is 1. The van der Waals surface area contributed by atoms with Crippen molar-refractivity contribution in [1.82, 2.24) is 19.5 Å². The molecular formula is C10H14N5O6PS. The number of nitrogens with two attached hydrogens (primary N) is 1. The number of nitrogens with zero attached hydrogens (tertiary/aromatic N) is 3. The Morgan fingerprint density at radius 1 is 1.57 bits per heavy atom. The lowest BCUT2D eigenvalue weighted by Crippen LogP contribution is -2.22. The van der Waals surface area contributed by atoms with Crippen molar-refractivity contribution in [3.8, 4) is 0 Å². The van der Waals surface area contributed by atoms with E-state index in [4.69, 9.17) is 15.5 Å². The quantitative estimate of drug-likeness (QED) is 0.431. The van der Waals surface area contributed by atoms with Gasteiger partial charge in [0.1, 0.15) is 0 Å². The van der Waals surface area contributed by atoms with Crippen molar-refractivity contribution in [2.24, 2.45) is 0 Å². The molecule has 2 aromatic rings. The van der Waals surface area contributed by atoms with Crippen LogP contribution in [0.4, 0.5) is 5.95 Å². The van der Waals surface area contributed by atoms with Crippen molar-refractivity contribution in [2.75, 3.05) is 12.3 Å². The van der Waals surface area contributed by atoms with E-state index < -0.39 is 24.7 Å². The Bertz CT molecular complexity index is 833. The minimum absolute atomic E-state index is 0.0471. The van der Waals surface area contributed by atoms with Gasteiger partial charge in [-0.1, -0.05) is 0 Å². The van der Waals surface area contributed by atoms with E-state index in [0.717, 1.165) is 0 Å². The zero-order chi connectivity index (χ0) is 16.8. The number of nitrogens with one attached hydrogen (secondary N) is 1. The molecule has 0 spiro atoms. The Kier molecular flexibility index (Phi) is 4.21. The fraction of sp³-hybridized carbons (Fsp3) is 0.500. The van der Waals surface area contributed by atoms with E-state index in [0.29, 0.717) is 6.42 Å². The van der Waals surface area contributed by atoms with Gasteiger partial charge < -0.3 is 25.2 Å². The van der Waals surface area contributed by atoms with Crippen LogP contribution in [0.1, 0.15) is 11.8 Å². The number of phosphoric ester groups is 1. The highest BCUT2D eigenvalue weighted by Crippen LogP contribution is 2.45. The molecule has 0 aliphatic carbocycles. The predicted molar refractivity (Wildman–Crippen MR) is 81.6 cm³/mol. The van der Waals surface area contributed by atoms with Gasteiger partial charge in [-0.25, -0.2) is 9.55 Å². The number of H-pyrrole nitrogens is 1. The average molecular weight is 363 g/mol. The van der Waals surface area contributed by atoms with Crippen molar-refractivity contribution in [2.45, 2.75) is 23.1 Å². The van der Waals surface area contributed by atoms with Gasteiger partial charge in [-0.05, 0) is 0 Å². The number of aliphatic hydroxyl groups excluding tert-OH is 1. The Labute approximate surface area is 133 Å². The van der Waals surface area contributed by atoms with Gasteiger partial charge in [0.25, 0.3) is 5.56 Å². The molecule has 0 bridgehead atoms. The SMILES string of the molecule is Nc1nc2c(ncn2[C@H]2C[C@H](O)[C@@H](COP(=O)(O)O)S2)c(=O)[nH]1. The molecule has 1 aliphatic heterocycles. The molecule has 0 amide bonds. The Balaban J connectivity index is 1.84. The number of hydrogen-bond donors (Lipinski definition) is 5. The van der Waals surface area contributed by atoms with Crippen LogP contribution in [0.5, 0.6) is 0 Å². The fourth-order valence-corrected chi connectivity index (χ4v) is 4.25. The van der Waals surface area contributed by atoms with Gasteiger partial charge in [-0.3, -0.25) is 14.3 Å². The van der Waals surface area contributed by atoms with Crippen LogP contribution in [0.2, 0.25) is 0 Å². The molecule has 13 heteroatoms. The fourth-order valence-electron chi connectivity index (χ4n) is 2.36. The number of aliphatic hydroxyl groups is 1. The zero-order valence-corrected chi connectivity index (χ0v) is 13.3. The van der Waals surface area contributed by atoms with Crippen LogP contribution < -0.4 is 11.3 Å². The minimum atomic E-state index is -4.59. The summed E-state index contributed by atoms with van der Waals surface area (Å²) in [6.45, 7) is -0.296. The van der Waals surface area contributed by atoms with Crippen molar-refractivity contribution in [3.63, 3.8) is 0 Å². The number of imidazole rings is 1. The Morgan fingerprint density at radius 2 is 2.30 bits per heavy atom. The first-order chi connectivity index (χ1) is 10.7. The van der Waals surface area contributed by atoms with E-state index in [1.165, 1.54) is 18.1 Å². The minimum Gasteiger partial charge on any atom is -0.392 e. The lowest BCUT2D eigenvalue weighted by Gasteiger charge is -2.14. The van der Waals surface area contributed by atoms with Crippen LogP contribution in [0, 0.1) is 0 Å². The molecular weight excluding hydrogens is 349 g/mol. The molecule has 0 saturated carbocycles. The van der Waals surface area contributed by atoms with E-state index in [1.807, 2.05) is 0 Å². The van der Waals surface area contributed by atoms with Gasteiger partial charge in [0.05, 0.1) is 29.7 Å². The number of rotatable bonds is 4. The van der Waals surface area contributed by atoms with Gasteiger partial charge >= 0.3 is 7.82 Å². The predicted octanol–water partition coefficient (Wildman–Crippen LogP) is -0.824. The molecule has 11 nitrogen and oxygen atoms in total. The van der Waals surface area contributed by atoms with Crippen LogP contribution >= 0.6 is 19.6 Å². The molecule has 3 rings (SSSR count). The molecule has 1 saturated heterocycles. The number of thioether (sulfide) groups is 1. The van der Waals surface area contributed by atoms with Gasteiger partial charge in [-0.15, -0.1) is 11.8 Å². The van der Waals surface area contributed by atoms with Crippen molar-refractivity contribution < 1.29 is 24.0 Å². The van der Waals surface area contributed by atoms with Crippen molar-refractivity contribution >= 4 is 36.7 Å². The Morgan fingerprint density at radius 3 is 3.00 bits per heavy atom. The van der Waals surface area contributed by atoms with Crippen LogP contribution in [0.25, 0.3) is 11.2 Å². The first-order valence-electron chi connectivity index (χ1n) is 6.50. The summed E-state index contributed by atoms with van der Waals surface area (Å²) in [5, 5.41) is 9.20. The number of nitrogen functional groups attached to an aromatic ring is 1. The van der Waals surface area contributed by atoms with Crippen LogP contribution in [0.15, 0.2) is 11.1 Å². The second-order valence-electron chi connectivity index (χ2n) is 4.99. The normalized spacial score (nSPS) is 25.3. The third-order valence-corrected chi connectivity index (χ3v) is 5.39. The van der Waals surface area contributed by atoms with Crippen molar-refractivity contribution in [3.05, 3.63) is 16.7 Å².